The normalized spacial score (nSPS) is 11.4. The van der Waals surface area contributed by atoms with Crippen molar-refractivity contribution in [3.05, 3.63) is 71.1 Å². The fourth-order valence-electron chi connectivity index (χ4n) is 2.65. The molecule has 2 nitrogen and oxygen atoms in total. The van der Waals surface area contributed by atoms with Gasteiger partial charge in [0.2, 0.25) is 0 Å². The Morgan fingerprint density at radius 1 is 0.895 bits per heavy atom. The summed E-state index contributed by atoms with van der Waals surface area (Å²) >= 11 is 0. The van der Waals surface area contributed by atoms with Crippen LogP contribution in [0.3, 0.4) is 0 Å². The Morgan fingerprint density at radius 2 is 1.79 bits per heavy atom. The molecule has 3 aliphatic rings. The van der Waals surface area contributed by atoms with Crippen molar-refractivity contribution in [2.24, 2.45) is 0 Å². The molecule has 0 radical (unpaired) electrons. The summed E-state index contributed by atoms with van der Waals surface area (Å²) in [5.74, 6) is 0.657. The molecular formula is C17H10O2. The Hall–Kier alpha value is -2.61. The van der Waals surface area contributed by atoms with Gasteiger partial charge in [0.25, 0.3) is 0 Å². The second-order valence-corrected chi connectivity index (χ2v) is 4.62. The van der Waals surface area contributed by atoms with Gasteiger partial charge < -0.3 is 4.42 Å². The van der Waals surface area contributed by atoms with Gasteiger partial charge in [-0.05, 0) is 28.6 Å². The predicted octanol–water partition coefficient (Wildman–Crippen LogP) is 4.00. The molecule has 1 aliphatic heterocycles. The highest BCUT2D eigenvalue weighted by atomic mass is 16.3. The van der Waals surface area contributed by atoms with Crippen LogP contribution in [-0.2, 0) is 0 Å². The van der Waals surface area contributed by atoms with E-state index in [0.717, 1.165) is 21.9 Å². The van der Waals surface area contributed by atoms with Gasteiger partial charge in [-0.3, -0.25) is 4.79 Å². The van der Waals surface area contributed by atoms with Crippen LogP contribution in [0.25, 0.3) is 33.2 Å². The molecule has 4 rings (SSSR count). The molecule has 0 aromatic heterocycles. The van der Waals surface area contributed by atoms with Crippen LogP contribution in [0, 0.1) is 0 Å². The summed E-state index contributed by atoms with van der Waals surface area (Å²) in [5, 5.41) is 1.88. The van der Waals surface area contributed by atoms with Crippen LogP contribution < -0.4 is 5.43 Å². The summed E-state index contributed by atoms with van der Waals surface area (Å²) in [6.45, 7) is 0. The molecule has 0 fully saturated rings. The molecule has 0 unspecified atom stereocenters. The average molecular weight is 246 g/mol. The highest BCUT2D eigenvalue weighted by Gasteiger charge is 2.18. The first-order valence-corrected chi connectivity index (χ1v) is 6.16. The van der Waals surface area contributed by atoms with Crippen molar-refractivity contribution in [3.63, 3.8) is 0 Å². The number of hydrogen-bond donors (Lipinski definition) is 0. The van der Waals surface area contributed by atoms with Crippen molar-refractivity contribution in [2.45, 2.75) is 0 Å². The molecule has 1 aromatic rings. The molecule has 1 heterocycles. The summed E-state index contributed by atoms with van der Waals surface area (Å²) in [4.78, 5) is 12.4. The van der Waals surface area contributed by atoms with Crippen molar-refractivity contribution in [2.75, 3.05) is 0 Å². The van der Waals surface area contributed by atoms with E-state index in [0.29, 0.717) is 11.3 Å². The van der Waals surface area contributed by atoms with Crippen LogP contribution in [0.1, 0.15) is 0 Å². The zero-order chi connectivity index (χ0) is 12.8. The summed E-state index contributed by atoms with van der Waals surface area (Å²) in [5.41, 5.74) is 2.62. The van der Waals surface area contributed by atoms with Crippen molar-refractivity contribution >= 4 is 10.8 Å². The minimum Gasteiger partial charge on any atom is -0.464 e. The summed E-state index contributed by atoms with van der Waals surface area (Å²) in [6.07, 6.45) is 1.65. The largest absolute Gasteiger partial charge is 0.464 e. The van der Waals surface area contributed by atoms with E-state index in [2.05, 4.69) is 0 Å². The van der Waals surface area contributed by atoms with Crippen LogP contribution in [0.2, 0.25) is 0 Å². The van der Waals surface area contributed by atoms with Gasteiger partial charge in [-0.2, -0.15) is 0 Å². The van der Waals surface area contributed by atoms with E-state index < -0.39 is 0 Å². The Morgan fingerprint density at radius 3 is 2.74 bits per heavy atom. The van der Waals surface area contributed by atoms with E-state index in [4.69, 9.17) is 4.42 Å². The standard InChI is InChI=1S/C17H10O2/c18-15-10-12-4-1-2-6-14(12)17-16(15)13-7-3-5-11(13)8-9-19-17/h1-10H. The van der Waals surface area contributed by atoms with Crippen molar-refractivity contribution in [1.29, 1.82) is 0 Å². The van der Waals surface area contributed by atoms with Gasteiger partial charge in [0.15, 0.2) is 5.43 Å². The lowest BCUT2D eigenvalue weighted by Gasteiger charge is -2.06. The van der Waals surface area contributed by atoms with Crippen molar-refractivity contribution in [3.8, 4) is 22.5 Å². The molecule has 2 heteroatoms. The van der Waals surface area contributed by atoms with Gasteiger partial charge in [0.05, 0.1) is 11.8 Å². The first-order chi connectivity index (χ1) is 9.34. The van der Waals surface area contributed by atoms with Crippen molar-refractivity contribution < 1.29 is 4.42 Å². The van der Waals surface area contributed by atoms with Crippen LogP contribution in [0.5, 0.6) is 0 Å². The quantitative estimate of drug-likeness (QED) is 0.469. The zero-order valence-electron chi connectivity index (χ0n) is 10.1. The van der Waals surface area contributed by atoms with Gasteiger partial charge in [0, 0.05) is 5.39 Å². The minimum atomic E-state index is 0.00449. The Labute approximate surface area is 109 Å². The number of rotatable bonds is 0. The molecule has 1 aromatic carbocycles. The van der Waals surface area contributed by atoms with Gasteiger partial charge in [-0.25, -0.2) is 0 Å². The molecule has 0 bridgehead atoms. The van der Waals surface area contributed by atoms with E-state index >= 15 is 0 Å². The monoisotopic (exact) mass is 246 g/mol. The molecule has 0 saturated carbocycles. The van der Waals surface area contributed by atoms with Gasteiger partial charge >= 0.3 is 0 Å². The van der Waals surface area contributed by atoms with Gasteiger partial charge in [0.1, 0.15) is 5.76 Å². The SMILES string of the molecule is O=c1cc2ccccc2c2occc3cccc-3c1-2. The lowest BCUT2D eigenvalue weighted by molar-refractivity contribution is 0.575. The first kappa shape index (κ1) is 10.3. The fraction of sp³-hybridized carbons (Fsp3) is 0. The predicted molar refractivity (Wildman–Crippen MR) is 75.7 cm³/mol. The summed E-state index contributed by atoms with van der Waals surface area (Å²) < 4.78 is 5.70. The molecule has 0 saturated heterocycles. The fourth-order valence-corrected chi connectivity index (χ4v) is 2.65. The van der Waals surface area contributed by atoms with Crippen LogP contribution in [0.4, 0.5) is 0 Å². The maximum Gasteiger partial charge on any atom is 0.190 e. The summed E-state index contributed by atoms with van der Waals surface area (Å²) in [6, 6.07) is 17.3. The van der Waals surface area contributed by atoms with Gasteiger partial charge in [-0.1, -0.05) is 42.5 Å². The molecule has 2 aliphatic carbocycles. The smallest absolute Gasteiger partial charge is 0.190 e. The van der Waals surface area contributed by atoms with E-state index in [-0.39, 0.29) is 5.43 Å². The van der Waals surface area contributed by atoms with Crippen LogP contribution in [0.15, 0.2) is 70.1 Å². The van der Waals surface area contributed by atoms with E-state index in [1.165, 1.54) is 0 Å². The molecule has 0 N–H and O–H groups in total. The number of fused-ring (bicyclic) bond motifs is 5. The van der Waals surface area contributed by atoms with Crippen LogP contribution in [-0.4, -0.2) is 0 Å². The second-order valence-electron chi connectivity index (χ2n) is 4.62. The third-order valence-corrected chi connectivity index (χ3v) is 3.52. The van der Waals surface area contributed by atoms with Crippen molar-refractivity contribution in [1.82, 2.24) is 0 Å². The van der Waals surface area contributed by atoms with Gasteiger partial charge in [-0.15, -0.1) is 0 Å². The molecule has 90 valence electrons. The lowest BCUT2D eigenvalue weighted by Crippen LogP contribution is -2.04. The highest BCUT2D eigenvalue weighted by Crippen LogP contribution is 2.36. The molecule has 0 atom stereocenters. The summed E-state index contributed by atoms with van der Waals surface area (Å²) in [7, 11) is 0. The maximum absolute atomic E-state index is 12.4. The number of hydrogen-bond acceptors (Lipinski definition) is 2. The molecule has 0 amide bonds. The molecular weight excluding hydrogens is 236 g/mol. The molecule has 0 spiro atoms. The lowest BCUT2D eigenvalue weighted by atomic mass is 9.97. The number of benzene rings is 2. The Balaban J connectivity index is 2.30. The second kappa shape index (κ2) is 3.69. The van der Waals surface area contributed by atoms with Crippen LogP contribution >= 0.6 is 0 Å². The highest BCUT2D eigenvalue weighted by molar-refractivity contribution is 5.99. The first-order valence-electron chi connectivity index (χ1n) is 6.16. The Bertz CT molecular complexity index is 889. The zero-order valence-corrected chi connectivity index (χ0v) is 10.1. The third-order valence-electron chi connectivity index (χ3n) is 3.52. The maximum atomic E-state index is 12.4. The van der Waals surface area contributed by atoms with E-state index in [9.17, 15) is 4.79 Å². The average Bonchev–Trinajstić information content (AvgIpc) is 2.79. The van der Waals surface area contributed by atoms with E-state index in [1.807, 2.05) is 48.5 Å². The third kappa shape index (κ3) is 1.40. The van der Waals surface area contributed by atoms with E-state index in [1.54, 1.807) is 12.3 Å². The topological polar surface area (TPSA) is 30.2 Å². The molecule has 19 heavy (non-hydrogen) atoms. The minimum absolute atomic E-state index is 0.00449. The Kier molecular flexibility index (Phi) is 2.00.